The molecule has 0 aliphatic carbocycles. The van der Waals surface area contributed by atoms with E-state index in [1.54, 1.807) is 12.1 Å². The predicted molar refractivity (Wildman–Crippen MR) is 68.9 cm³/mol. The molecule has 17 heavy (non-hydrogen) atoms. The van der Waals surface area contributed by atoms with Crippen molar-refractivity contribution in [3.8, 4) is 6.07 Å². The Labute approximate surface area is 108 Å². The van der Waals surface area contributed by atoms with E-state index in [0.717, 1.165) is 0 Å². The zero-order valence-corrected chi connectivity index (χ0v) is 11.0. The lowest BCUT2D eigenvalue weighted by atomic mass is 10.2. The minimum atomic E-state index is -0.408. The Bertz CT molecular complexity index is 457. The topological polar surface area (TPSA) is 70.2 Å². The van der Waals surface area contributed by atoms with Crippen molar-refractivity contribution in [2.24, 2.45) is 0 Å². The Morgan fingerprint density at radius 2 is 2.29 bits per heavy atom. The molecule has 0 saturated carbocycles. The van der Waals surface area contributed by atoms with Crippen molar-refractivity contribution in [3.05, 3.63) is 32.8 Å². The van der Waals surface area contributed by atoms with E-state index >= 15 is 0 Å². The maximum atomic E-state index is 11.0. The third-order valence-electron chi connectivity index (χ3n) is 2.35. The zero-order chi connectivity index (χ0) is 12.8. The molecule has 0 spiro atoms. The highest BCUT2D eigenvalue weighted by atomic mass is 79.9. The number of anilines is 1. The average Bonchev–Trinajstić information content (AvgIpc) is 2.31. The van der Waals surface area contributed by atoms with E-state index in [1.165, 1.54) is 6.07 Å². The smallest absolute Gasteiger partial charge is 0.293 e. The van der Waals surface area contributed by atoms with Gasteiger partial charge < -0.3 is 4.90 Å². The highest BCUT2D eigenvalue weighted by Gasteiger charge is 2.18. The molecule has 0 unspecified atom stereocenters. The maximum Gasteiger partial charge on any atom is 0.293 e. The molecule has 5 nitrogen and oxygen atoms in total. The highest BCUT2D eigenvalue weighted by molar-refractivity contribution is 9.10. The van der Waals surface area contributed by atoms with Crippen LogP contribution in [0.4, 0.5) is 11.4 Å². The molecule has 0 fully saturated rings. The van der Waals surface area contributed by atoms with Crippen LogP contribution < -0.4 is 4.90 Å². The van der Waals surface area contributed by atoms with Crippen LogP contribution in [0.15, 0.2) is 22.7 Å². The van der Waals surface area contributed by atoms with Crippen LogP contribution in [0, 0.1) is 21.4 Å². The minimum absolute atomic E-state index is 0.0548. The summed E-state index contributed by atoms with van der Waals surface area (Å²) in [5, 5.41) is 19.5. The second kappa shape index (κ2) is 6.21. The van der Waals surface area contributed by atoms with Crippen LogP contribution in [0.5, 0.6) is 0 Å². The molecule has 0 bridgehead atoms. The lowest BCUT2D eigenvalue weighted by molar-refractivity contribution is -0.384. The normalized spacial score (nSPS) is 9.71. The first-order valence-electron chi connectivity index (χ1n) is 5.16. The molecule has 0 aromatic heterocycles. The van der Waals surface area contributed by atoms with Crippen LogP contribution in [0.3, 0.4) is 0 Å². The maximum absolute atomic E-state index is 11.0. The monoisotopic (exact) mass is 297 g/mol. The summed E-state index contributed by atoms with van der Waals surface area (Å²) in [6, 6.07) is 6.98. The van der Waals surface area contributed by atoms with Crippen molar-refractivity contribution in [2.45, 2.75) is 13.3 Å². The summed E-state index contributed by atoms with van der Waals surface area (Å²) in [5.41, 5.74) is 0.607. The van der Waals surface area contributed by atoms with E-state index in [0.29, 0.717) is 29.7 Å². The number of halogens is 1. The van der Waals surface area contributed by atoms with Crippen LogP contribution in [0.25, 0.3) is 0 Å². The van der Waals surface area contributed by atoms with Crippen LogP contribution in [0.1, 0.15) is 13.3 Å². The van der Waals surface area contributed by atoms with Crippen molar-refractivity contribution >= 4 is 27.3 Å². The first-order chi connectivity index (χ1) is 8.10. The Hall–Kier alpha value is -1.61. The van der Waals surface area contributed by atoms with Gasteiger partial charge in [0.1, 0.15) is 5.69 Å². The summed E-state index contributed by atoms with van der Waals surface area (Å²) < 4.78 is 0.671. The van der Waals surface area contributed by atoms with Gasteiger partial charge in [-0.3, -0.25) is 10.1 Å². The average molecular weight is 298 g/mol. The summed E-state index contributed by atoms with van der Waals surface area (Å²) in [7, 11) is 0. The minimum Gasteiger partial charge on any atom is -0.365 e. The van der Waals surface area contributed by atoms with E-state index < -0.39 is 4.92 Å². The molecule has 0 aliphatic rings. The zero-order valence-electron chi connectivity index (χ0n) is 9.39. The van der Waals surface area contributed by atoms with Gasteiger partial charge in [-0.1, -0.05) is 15.9 Å². The fourth-order valence-corrected chi connectivity index (χ4v) is 1.89. The molecule has 1 aromatic rings. The number of nitro benzene ring substituents is 1. The number of hydrogen-bond acceptors (Lipinski definition) is 4. The molecule has 90 valence electrons. The highest BCUT2D eigenvalue weighted by Crippen LogP contribution is 2.31. The quantitative estimate of drug-likeness (QED) is 0.618. The first-order valence-corrected chi connectivity index (χ1v) is 5.95. The van der Waals surface area contributed by atoms with Gasteiger partial charge in [0.15, 0.2) is 0 Å². The molecule has 1 rings (SSSR count). The molecule has 0 atom stereocenters. The predicted octanol–water partition coefficient (Wildman–Crippen LogP) is 3.10. The van der Waals surface area contributed by atoms with Crippen LogP contribution in [0.2, 0.25) is 0 Å². The third kappa shape index (κ3) is 3.43. The van der Waals surface area contributed by atoms with Gasteiger partial charge in [-0.25, -0.2) is 0 Å². The van der Waals surface area contributed by atoms with Crippen LogP contribution >= 0.6 is 15.9 Å². The molecular weight excluding hydrogens is 286 g/mol. The van der Waals surface area contributed by atoms with Crippen molar-refractivity contribution in [1.82, 2.24) is 0 Å². The van der Waals surface area contributed by atoms with Crippen LogP contribution in [-0.4, -0.2) is 18.0 Å². The van der Waals surface area contributed by atoms with Gasteiger partial charge in [-0.2, -0.15) is 5.26 Å². The summed E-state index contributed by atoms with van der Waals surface area (Å²) in [6.45, 7) is 3.03. The van der Waals surface area contributed by atoms with Gasteiger partial charge >= 0.3 is 0 Å². The Morgan fingerprint density at radius 3 is 2.82 bits per heavy atom. The second-order valence-electron chi connectivity index (χ2n) is 3.38. The van der Waals surface area contributed by atoms with Gasteiger partial charge in [0.05, 0.1) is 17.4 Å². The standard InChI is InChI=1S/C11H12BrN3O2/c1-2-14(7-3-6-13)10-5-4-9(12)8-11(10)15(16)17/h4-5,8H,2-3,7H2,1H3. The molecular formula is C11H12BrN3O2. The van der Waals surface area contributed by atoms with Crippen molar-refractivity contribution in [2.75, 3.05) is 18.0 Å². The van der Waals surface area contributed by atoms with Crippen molar-refractivity contribution in [3.63, 3.8) is 0 Å². The largest absolute Gasteiger partial charge is 0.365 e. The number of nitriles is 1. The molecule has 1 aromatic carbocycles. The lowest BCUT2D eigenvalue weighted by Gasteiger charge is -2.21. The molecule has 0 saturated heterocycles. The van der Waals surface area contributed by atoms with E-state index in [-0.39, 0.29) is 5.69 Å². The Kier molecular flexibility index (Phi) is 4.91. The summed E-state index contributed by atoms with van der Waals surface area (Å²) >= 11 is 3.21. The second-order valence-corrected chi connectivity index (χ2v) is 4.29. The first kappa shape index (κ1) is 13.5. The summed E-state index contributed by atoms with van der Waals surface area (Å²) in [6.07, 6.45) is 0.348. The third-order valence-corrected chi connectivity index (χ3v) is 2.84. The Balaban J connectivity index is 3.10. The molecule has 0 amide bonds. The number of benzene rings is 1. The van der Waals surface area contributed by atoms with Gasteiger partial charge in [-0.15, -0.1) is 0 Å². The van der Waals surface area contributed by atoms with Crippen molar-refractivity contribution < 1.29 is 4.92 Å². The molecule has 0 heterocycles. The van der Waals surface area contributed by atoms with E-state index in [9.17, 15) is 10.1 Å². The SMILES string of the molecule is CCN(CCC#N)c1ccc(Br)cc1[N+](=O)[O-]. The molecule has 6 heteroatoms. The van der Waals surface area contributed by atoms with Crippen molar-refractivity contribution in [1.29, 1.82) is 5.26 Å². The fraction of sp³-hybridized carbons (Fsp3) is 0.364. The van der Waals surface area contributed by atoms with Gasteiger partial charge in [0.25, 0.3) is 5.69 Å². The number of rotatable bonds is 5. The van der Waals surface area contributed by atoms with E-state index in [4.69, 9.17) is 5.26 Å². The lowest BCUT2D eigenvalue weighted by Crippen LogP contribution is -2.24. The Morgan fingerprint density at radius 1 is 1.59 bits per heavy atom. The van der Waals surface area contributed by atoms with Crippen LogP contribution in [-0.2, 0) is 0 Å². The number of nitro groups is 1. The number of hydrogen-bond donors (Lipinski definition) is 0. The molecule has 0 radical (unpaired) electrons. The molecule has 0 aliphatic heterocycles. The van der Waals surface area contributed by atoms with Gasteiger partial charge in [0.2, 0.25) is 0 Å². The van der Waals surface area contributed by atoms with Gasteiger partial charge in [0, 0.05) is 23.6 Å². The number of nitrogens with zero attached hydrogens (tertiary/aromatic N) is 3. The van der Waals surface area contributed by atoms with Gasteiger partial charge in [-0.05, 0) is 19.1 Å². The summed E-state index contributed by atoms with van der Waals surface area (Å²) in [5.74, 6) is 0. The van der Waals surface area contributed by atoms with E-state index in [2.05, 4.69) is 15.9 Å². The summed E-state index contributed by atoms with van der Waals surface area (Å²) in [4.78, 5) is 12.4. The molecule has 0 N–H and O–H groups in total. The van der Waals surface area contributed by atoms with E-state index in [1.807, 2.05) is 17.9 Å². The fourth-order valence-electron chi connectivity index (χ4n) is 1.54.